The summed E-state index contributed by atoms with van der Waals surface area (Å²) in [4.78, 5) is 15.3. The summed E-state index contributed by atoms with van der Waals surface area (Å²) in [6.45, 7) is 2.52. The minimum absolute atomic E-state index is 0.0922. The second kappa shape index (κ2) is 11.4. The molecule has 0 radical (unpaired) electrons. The van der Waals surface area contributed by atoms with Crippen LogP contribution in [-0.2, 0) is 4.79 Å². The highest BCUT2D eigenvalue weighted by Crippen LogP contribution is 2.27. The molecule has 7 heteroatoms. The highest BCUT2D eigenvalue weighted by molar-refractivity contribution is 6.30. The molecule has 1 amide bonds. The number of amides is 1. The van der Waals surface area contributed by atoms with Crippen LogP contribution in [0, 0.1) is 17.6 Å². The average molecular weight is 485 g/mol. The van der Waals surface area contributed by atoms with Gasteiger partial charge in [0.05, 0.1) is 6.04 Å². The Hall–Kier alpha value is -2.96. The van der Waals surface area contributed by atoms with Crippen LogP contribution in [-0.4, -0.2) is 37.0 Å². The predicted molar refractivity (Wildman–Crippen MR) is 129 cm³/mol. The molecule has 0 spiro atoms. The molecule has 4 nitrogen and oxygen atoms in total. The average Bonchev–Trinajstić information content (AvgIpc) is 2.85. The van der Waals surface area contributed by atoms with Crippen molar-refractivity contribution in [3.63, 3.8) is 0 Å². The smallest absolute Gasteiger partial charge is 0.223 e. The number of piperidine rings is 1. The van der Waals surface area contributed by atoms with Crippen molar-refractivity contribution < 1.29 is 18.3 Å². The number of hydrogen-bond donors (Lipinski definition) is 1. The van der Waals surface area contributed by atoms with Gasteiger partial charge in [-0.3, -0.25) is 9.69 Å². The first-order chi connectivity index (χ1) is 16.5. The van der Waals surface area contributed by atoms with Crippen molar-refractivity contribution in [3.05, 3.63) is 101 Å². The number of carbonyl (C=O) groups is 1. The number of para-hydroxylation sites is 1. The number of rotatable bonds is 8. The quantitative estimate of drug-likeness (QED) is 0.451. The van der Waals surface area contributed by atoms with Crippen molar-refractivity contribution in [2.45, 2.75) is 18.9 Å². The molecule has 3 aromatic carbocycles. The minimum atomic E-state index is -0.599. The Kier molecular flexibility index (Phi) is 8.14. The fraction of sp³-hybridized carbons (Fsp3) is 0.296. The maximum Gasteiger partial charge on any atom is 0.223 e. The van der Waals surface area contributed by atoms with E-state index < -0.39 is 6.04 Å². The number of carbonyl (C=O) groups excluding carboxylic acids is 1. The summed E-state index contributed by atoms with van der Waals surface area (Å²) in [6, 6.07) is 19.3. The van der Waals surface area contributed by atoms with Gasteiger partial charge < -0.3 is 10.1 Å². The van der Waals surface area contributed by atoms with Crippen molar-refractivity contribution in [1.29, 1.82) is 0 Å². The largest absolute Gasteiger partial charge is 0.489 e. The number of nitrogens with one attached hydrogen (secondary N) is 1. The van der Waals surface area contributed by atoms with E-state index in [0.717, 1.165) is 18.7 Å². The number of benzene rings is 3. The Morgan fingerprint density at radius 3 is 2.29 bits per heavy atom. The highest BCUT2D eigenvalue weighted by Gasteiger charge is 2.28. The summed E-state index contributed by atoms with van der Waals surface area (Å²) in [6.07, 6.45) is 1.38. The zero-order valence-corrected chi connectivity index (χ0v) is 19.5. The first-order valence-corrected chi connectivity index (χ1v) is 11.8. The topological polar surface area (TPSA) is 41.6 Å². The molecule has 3 aromatic rings. The lowest BCUT2D eigenvalue weighted by molar-refractivity contribution is -0.127. The first kappa shape index (κ1) is 24.2. The molecule has 1 unspecified atom stereocenters. The van der Waals surface area contributed by atoms with E-state index in [-0.39, 0.29) is 29.2 Å². The lowest BCUT2D eigenvalue weighted by Gasteiger charge is -2.32. The van der Waals surface area contributed by atoms with Gasteiger partial charge in [-0.05, 0) is 61.8 Å². The molecule has 178 valence electrons. The lowest BCUT2D eigenvalue weighted by atomic mass is 9.93. The van der Waals surface area contributed by atoms with Gasteiger partial charge in [-0.15, -0.1) is 0 Å². The van der Waals surface area contributed by atoms with Crippen molar-refractivity contribution in [2.24, 2.45) is 5.92 Å². The van der Waals surface area contributed by atoms with E-state index in [0.29, 0.717) is 36.6 Å². The summed E-state index contributed by atoms with van der Waals surface area (Å²) < 4.78 is 33.8. The van der Waals surface area contributed by atoms with Crippen LogP contribution < -0.4 is 10.1 Å². The van der Waals surface area contributed by atoms with Crippen molar-refractivity contribution >= 4 is 17.5 Å². The molecule has 0 saturated carbocycles. The molecule has 1 N–H and O–H groups in total. The van der Waals surface area contributed by atoms with Gasteiger partial charge >= 0.3 is 0 Å². The molecule has 0 bridgehead atoms. The lowest BCUT2D eigenvalue weighted by Crippen LogP contribution is -2.43. The summed E-state index contributed by atoms with van der Waals surface area (Å²) in [5.41, 5.74) is 1.19. The van der Waals surface area contributed by atoms with Gasteiger partial charge in [-0.2, -0.15) is 0 Å². The second-order valence-corrected chi connectivity index (χ2v) is 8.85. The normalized spacial score (nSPS) is 15.6. The molecule has 34 heavy (non-hydrogen) atoms. The molecule has 1 aliphatic heterocycles. The van der Waals surface area contributed by atoms with E-state index in [1.807, 2.05) is 0 Å². The zero-order valence-electron chi connectivity index (χ0n) is 18.7. The standard InChI is InChI=1S/C27H27ClF2N2O2/c28-21-11-9-19(10-12-21)26(22-5-1-2-6-23(22)29)31-27(33)20-13-15-32(16-14-20)17-18-34-25-8-4-3-7-24(25)30/h1-12,20,26H,13-18H2,(H,31,33). The van der Waals surface area contributed by atoms with E-state index in [1.165, 1.54) is 12.1 Å². The van der Waals surface area contributed by atoms with Gasteiger partial charge in [0.15, 0.2) is 11.6 Å². The van der Waals surface area contributed by atoms with Crippen LogP contribution in [0.25, 0.3) is 0 Å². The fourth-order valence-electron chi connectivity index (χ4n) is 4.23. The number of likely N-dealkylation sites (tertiary alicyclic amines) is 1. The SMILES string of the molecule is O=C(NC(c1ccc(Cl)cc1)c1ccccc1F)C1CCN(CCOc2ccccc2F)CC1. The highest BCUT2D eigenvalue weighted by atomic mass is 35.5. The Morgan fingerprint density at radius 1 is 0.971 bits per heavy atom. The molecule has 1 aliphatic rings. The van der Waals surface area contributed by atoms with Gasteiger partial charge in [-0.1, -0.05) is 54.1 Å². The Balaban J connectivity index is 1.33. The minimum Gasteiger partial charge on any atom is -0.489 e. The molecule has 1 fully saturated rings. The monoisotopic (exact) mass is 484 g/mol. The van der Waals surface area contributed by atoms with Crippen LogP contribution in [0.3, 0.4) is 0 Å². The van der Waals surface area contributed by atoms with E-state index in [9.17, 15) is 13.6 Å². The van der Waals surface area contributed by atoms with Crippen LogP contribution in [0.4, 0.5) is 8.78 Å². The molecule has 0 aromatic heterocycles. The summed E-state index contributed by atoms with van der Waals surface area (Å²) in [5.74, 6) is -0.746. The summed E-state index contributed by atoms with van der Waals surface area (Å²) in [7, 11) is 0. The maximum absolute atomic E-state index is 14.6. The molecule has 1 atom stereocenters. The van der Waals surface area contributed by atoms with Crippen LogP contribution in [0.5, 0.6) is 5.75 Å². The number of ether oxygens (including phenoxy) is 1. The molecule has 0 aliphatic carbocycles. The predicted octanol–water partition coefficient (Wildman–Crippen LogP) is 5.61. The van der Waals surface area contributed by atoms with E-state index >= 15 is 0 Å². The van der Waals surface area contributed by atoms with Crippen LogP contribution in [0.2, 0.25) is 5.02 Å². The Morgan fingerprint density at radius 2 is 1.62 bits per heavy atom. The molecular weight excluding hydrogens is 458 g/mol. The van der Waals surface area contributed by atoms with Gasteiger partial charge in [0.2, 0.25) is 5.91 Å². The van der Waals surface area contributed by atoms with Gasteiger partial charge in [0, 0.05) is 23.0 Å². The third-order valence-corrected chi connectivity index (χ3v) is 6.42. The van der Waals surface area contributed by atoms with E-state index in [4.69, 9.17) is 16.3 Å². The van der Waals surface area contributed by atoms with Gasteiger partial charge in [-0.25, -0.2) is 8.78 Å². The third kappa shape index (κ3) is 6.13. The summed E-state index contributed by atoms with van der Waals surface area (Å²) in [5, 5.41) is 3.64. The number of hydrogen-bond acceptors (Lipinski definition) is 3. The fourth-order valence-corrected chi connectivity index (χ4v) is 4.36. The Bertz CT molecular complexity index is 1100. The van der Waals surface area contributed by atoms with Crippen LogP contribution >= 0.6 is 11.6 Å². The molecule has 4 rings (SSSR count). The van der Waals surface area contributed by atoms with E-state index in [2.05, 4.69) is 10.2 Å². The maximum atomic E-state index is 14.6. The van der Waals surface area contributed by atoms with Crippen molar-refractivity contribution in [3.8, 4) is 5.75 Å². The van der Waals surface area contributed by atoms with Crippen molar-refractivity contribution in [1.82, 2.24) is 10.2 Å². The van der Waals surface area contributed by atoms with E-state index in [1.54, 1.807) is 60.7 Å². The summed E-state index contributed by atoms with van der Waals surface area (Å²) >= 11 is 6.02. The van der Waals surface area contributed by atoms with Gasteiger partial charge in [0.25, 0.3) is 0 Å². The molecule has 1 heterocycles. The molecule has 1 saturated heterocycles. The van der Waals surface area contributed by atoms with Crippen LogP contribution in [0.15, 0.2) is 72.8 Å². The number of nitrogens with zero attached hydrogens (tertiary/aromatic N) is 1. The van der Waals surface area contributed by atoms with Crippen molar-refractivity contribution in [2.75, 3.05) is 26.2 Å². The Labute approximate surface area is 203 Å². The first-order valence-electron chi connectivity index (χ1n) is 11.4. The number of halogens is 3. The van der Waals surface area contributed by atoms with Gasteiger partial charge in [0.1, 0.15) is 12.4 Å². The molecular formula is C27H27ClF2N2O2. The zero-order chi connectivity index (χ0) is 23.9. The third-order valence-electron chi connectivity index (χ3n) is 6.17. The van der Waals surface area contributed by atoms with Crippen LogP contribution in [0.1, 0.15) is 30.0 Å². The second-order valence-electron chi connectivity index (χ2n) is 8.41.